The monoisotopic (exact) mass is 377 g/mol. The molecular formula is C15H23NO4S3. The Labute approximate surface area is 142 Å². The SMILES string of the molecule is CCc1ccc(S(=O)(=O)N2CC(S(=O)(=O)C3CCCCC3)C2)s1. The molecule has 0 bridgehead atoms. The molecule has 130 valence electrons. The van der Waals surface area contributed by atoms with Gasteiger partial charge in [0, 0.05) is 18.0 Å². The van der Waals surface area contributed by atoms with E-state index in [9.17, 15) is 16.8 Å². The third-order valence-electron chi connectivity index (χ3n) is 4.88. The van der Waals surface area contributed by atoms with Crippen LogP contribution < -0.4 is 0 Å². The highest BCUT2D eigenvalue weighted by atomic mass is 32.2. The van der Waals surface area contributed by atoms with Gasteiger partial charge in [0.1, 0.15) is 4.21 Å². The summed E-state index contributed by atoms with van der Waals surface area (Å²) in [5.41, 5.74) is 0. The van der Waals surface area contributed by atoms with Crippen molar-refractivity contribution in [1.29, 1.82) is 0 Å². The molecule has 0 amide bonds. The second-order valence-electron chi connectivity index (χ2n) is 6.37. The van der Waals surface area contributed by atoms with Gasteiger partial charge in [0.2, 0.25) is 0 Å². The first kappa shape index (κ1) is 17.4. The number of thiophene rings is 1. The summed E-state index contributed by atoms with van der Waals surface area (Å²) >= 11 is 1.28. The summed E-state index contributed by atoms with van der Waals surface area (Å²) in [6.07, 6.45) is 5.31. The molecular weight excluding hydrogens is 354 g/mol. The summed E-state index contributed by atoms with van der Waals surface area (Å²) < 4.78 is 51.9. The van der Waals surface area contributed by atoms with Crippen molar-refractivity contribution in [2.75, 3.05) is 13.1 Å². The minimum Gasteiger partial charge on any atom is -0.228 e. The maximum atomic E-state index is 12.6. The van der Waals surface area contributed by atoms with Crippen molar-refractivity contribution in [1.82, 2.24) is 4.31 Å². The van der Waals surface area contributed by atoms with Gasteiger partial charge in [0.25, 0.3) is 10.0 Å². The molecule has 1 aromatic heterocycles. The van der Waals surface area contributed by atoms with E-state index >= 15 is 0 Å². The molecule has 0 N–H and O–H groups in total. The Balaban J connectivity index is 1.68. The lowest BCUT2D eigenvalue weighted by molar-refractivity contribution is 0.307. The van der Waals surface area contributed by atoms with Gasteiger partial charge >= 0.3 is 0 Å². The summed E-state index contributed by atoms with van der Waals surface area (Å²) in [7, 11) is -6.73. The molecule has 0 spiro atoms. The number of hydrogen-bond donors (Lipinski definition) is 0. The summed E-state index contributed by atoms with van der Waals surface area (Å²) in [6, 6.07) is 3.45. The number of aryl methyl sites for hydroxylation is 1. The molecule has 1 saturated carbocycles. The number of nitrogens with zero attached hydrogens (tertiary/aromatic N) is 1. The number of hydrogen-bond acceptors (Lipinski definition) is 5. The van der Waals surface area contributed by atoms with Crippen LogP contribution in [0, 0.1) is 0 Å². The van der Waals surface area contributed by atoms with Gasteiger partial charge in [0.05, 0.1) is 10.5 Å². The molecule has 1 aromatic rings. The first-order valence-electron chi connectivity index (χ1n) is 8.17. The molecule has 0 unspecified atom stereocenters. The van der Waals surface area contributed by atoms with E-state index in [4.69, 9.17) is 0 Å². The molecule has 5 nitrogen and oxygen atoms in total. The first-order chi connectivity index (χ1) is 10.9. The maximum absolute atomic E-state index is 12.6. The van der Waals surface area contributed by atoms with Crippen LogP contribution in [0.25, 0.3) is 0 Å². The molecule has 1 aliphatic heterocycles. The predicted octanol–water partition coefficient (Wildman–Crippen LogP) is 2.43. The fourth-order valence-electron chi connectivity index (χ4n) is 3.28. The molecule has 0 aromatic carbocycles. The maximum Gasteiger partial charge on any atom is 0.252 e. The highest BCUT2D eigenvalue weighted by Crippen LogP contribution is 2.33. The van der Waals surface area contributed by atoms with Crippen LogP contribution in [0.4, 0.5) is 0 Å². The van der Waals surface area contributed by atoms with Crippen LogP contribution in [0.5, 0.6) is 0 Å². The van der Waals surface area contributed by atoms with Crippen molar-refractivity contribution in [2.24, 2.45) is 0 Å². The highest BCUT2D eigenvalue weighted by molar-refractivity contribution is 7.93. The lowest BCUT2D eigenvalue weighted by Crippen LogP contribution is -2.58. The Morgan fingerprint density at radius 1 is 1.04 bits per heavy atom. The van der Waals surface area contributed by atoms with Crippen LogP contribution in [0.15, 0.2) is 16.3 Å². The average Bonchev–Trinajstić information content (AvgIpc) is 2.95. The molecule has 0 atom stereocenters. The molecule has 2 heterocycles. The Morgan fingerprint density at radius 3 is 2.26 bits per heavy atom. The van der Waals surface area contributed by atoms with Gasteiger partial charge in [0.15, 0.2) is 9.84 Å². The zero-order valence-corrected chi connectivity index (χ0v) is 15.7. The Morgan fingerprint density at radius 2 is 1.70 bits per heavy atom. The van der Waals surface area contributed by atoms with E-state index in [1.54, 1.807) is 6.07 Å². The van der Waals surface area contributed by atoms with Crippen molar-refractivity contribution >= 4 is 31.2 Å². The van der Waals surface area contributed by atoms with Gasteiger partial charge in [-0.05, 0) is 31.4 Å². The van der Waals surface area contributed by atoms with E-state index in [1.165, 1.54) is 15.6 Å². The quantitative estimate of drug-likeness (QED) is 0.790. The summed E-state index contributed by atoms with van der Waals surface area (Å²) in [6.45, 7) is 2.21. The fraction of sp³-hybridized carbons (Fsp3) is 0.733. The van der Waals surface area contributed by atoms with Crippen LogP contribution in [0.2, 0.25) is 0 Å². The van der Waals surface area contributed by atoms with Crippen molar-refractivity contribution < 1.29 is 16.8 Å². The van der Waals surface area contributed by atoms with Crippen LogP contribution in [0.3, 0.4) is 0 Å². The van der Waals surface area contributed by atoms with Gasteiger partial charge < -0.3 is 0 Å². The molecule has 2 aliphatic rings. The second-order valence-corrected chi connectivity index (χ2v) is 12.2. The highest BCUT2D eigenvalue weighted by Gasteiger charge is 2.46. The van der Waals surface area contributed by atoms with Gasteiger partial charge in [-0.2, -0.15) is 4.31 Å². The minimum atomic E-state index is -3.53. The van der Waals surface area contributed by atoms with Crippen molar-refractivity contribution in [2.45, 2.75) is 60.2 Å². The molecule has 2 fully saturated rings. The molecule has 23 heavy (non-hydrogen) atoms. The predicted molar refractivity (Wildman–Crippen MR) is 92.0 cm³/mol. The minimum absolute atomic E-state index is 0.112. The molecule has 1 aliphatic carbocycles. The Kier molecular flexibility index (Phi) is 4.88. The molecule has 0 radical (unpaired) electrons. The van der Waals surface area contributed by atoms with E-state index in [0.717, 1.165) is 43.4 Å². The summed E-state index contributed by atoms with van der Waals surface area (Å²) in [5, 5.41) is -0.787. The van der Waals surface area contributed by atoms with Crippen LogP contribution >= 0.6 is 11.3 Å². The van der Waals surface area contributed by atoms with Gasteiger partial charge in [-0.25, -0.2) is 16.8 Å². The van der Waals surface area contributed by atoms with E-state index in [2.05, 4.69) is 0 Å². The normalized spacial score (nSPS) is 22.1. The zero-order valence-electron chi connectivity index (χ0n) is 13.3. The Bertz CT molecular complexity index is 754. The molecule has 1 saturated heterocycles. The van der Waals surface area contributed by atoms with Crippen molar-refractivity contribution in [3.63, 3.8) is 0 Å². The lowest BCUT2D eigenvalue weighted by atomic mass is 10.0. The lowest BCUT2D eigenvalue weighted by Gasteiger charge is -2.39. The summed E-state index contributed by atoms with van der Waals surface area (Å²) in [4.78, 5) is 1.02. The van der Waals surface area contributed by atoms with E-state index in [-0.39, 0.29) is 18.3 Å². The van der Waals surface area contributed by atoms with Gasteiger partial charge in [-0.15, -0.1) is 11.3 Å². The average molecular weight is 378 g/mol. The largest absolute Gasteiger partial charge is 0.252 e. The fourth-order valence-corrected chi connectivity index (χ4v) is 8.76. The number of sulfonamides is 1. The molecule has 8 heteroatoms. The van der Waals surface area contributed by atoms with Crippen LogP contribution in [-0.4, -0.2) is 44.7 Å². The first-order valence-corrected chi connectivity index (χ1v) is 12.0. The van der Waals surface area contributed by atoms with Gasteiger partial charge in [-0.3, -0.25) is 0 Å². The third kappa shape index (κ3) is 3.23. The number of sulfone groups is 1. The standard InChI is InChI=1S/C15H23NO4S3/c1-2-12-8-9-15(21-12)23(19,20)16-10-14(11-16)22(17,18)13-6-4-3-5-7-13/h8-9,13-14H,2-7,10-11H2,1H3. The number of rotatable bonds is 5. The van der Waals surface area contributed by atoms with Crippen LogP contribution in [-0.2, 0) is 26.3 Å². The Hall–Kier alpha value is -0.440. The smallest absolute Gasteiger partial charge is 0.228 e. The van der Waals surface area contributed by atoms with E-state index in [0.29, 0.717) is 4.21 Å². The van der Waals surface area contributed by atoms with Crippen molar-refractivity contribution in [3.05, 3.63) is 17.0 Å². The van der Waals surface area contributed by atoms with E-state index < -0.39 is 25.1 Å². The van der Waals surface area contributed by atoms with E-state index in [1.807, 2.05) is 13.0 Å². The van der Waals surface area contributed by atoms with Crippen LogP contribution in [0.1, 0.15) is 43.9 Å². The molecule has 3 rings (SSSR count). The van der Waals surface area contributed by atoms with Gasteiger partial charge in [-0.1, -0.05) is 26.2 Å². The summed E-state index contributed by atoms with van der Waals surface area (Å²) in [5.74, 6) is 0. The van der Waals surface area contributed by atoms with Crippen molar-refractivity contribution in [3.8, 4) is 0 Å². The third-order valence-corrected chi connectivity index (χ3v) is 11.0. The zero-order chi connectivity index (χ0) is 16.7. The topological polar surface area (TPSA) is 71.5 Å². The second kappa shape index (κ2) is 6.46.